The molecule has 1 fully saturated rings. The minimum atomic E-state index is -0.196. The first-order valence-electron chi connectivity index (χ1n) is 6.27. The van der Waals surface area contributed by atoms with E-state index in [4.69, 9.17) is 10.5 Å². The molecule has 1 aromatic carbocycles. The first-order chi connectivity index (χ1) is 8.18. The molecule has 3 heteroatoms. The summed E-state index contributed by atoms with van der Waals surface area (Å²) in [4.78, 5) is 0. The monoisotopic (exact) mass is 237 g/mol. The number of aryl methyl sites for hydroxylation is 1. The van der Waals surface area contributed by atoms with E-state index in [0.29, 0.717) is 17.0 Å². The minimum absolute atomic E-state index is 0.146. The van der Waals surface area contributed by atoms with Crippen LogP contribution in [0.3, 0.4) is 0 Å². The zero-order chi connectivity index (χ0) is 12.3. The van der Waals surface area contributed by atoms with Gasteiger partial charge in [-0.05, 0) is 37.7 Å². The fourth-order valence-electron chi connectivity index (χ4n) is 2.42. The smallest absolute Gasteiger partial charge is 0.130 e. The number of hydrogen-bond donors (Lipinski definition) is 1. The molecule has 0 radical (unpaired) electrons. The van der Waals surface area contributed by atoms with Gasteiger partial charge in [0.2, 0.25) is 0 Å². The van der Waals surface area contributed by atoms with Crippen LogP contribution in [0.15, 0.2) is 18.2 Å². The summed E-state index contributed by atoms with van der Waals surface area (Å²) in [5.41, 5.74) is 7.44. The number of rotatable bonds is 3. The quantitative estimate of drug-likeness (QED) is 0.877. The first kappa shape index (κ1) is 12.5. The van der Waals surface area contributed by atoms with Crippen molar-refractivity contribution in [2.75, 3.05) is 13.2 Å². The van der Waals surface area contributed by atoms with Crippen molar-refractivity contribution < 1.29 is 9.13 Å². The molecule has 2 nitrogen and oxygen atoms in total. The zero-order valence-electron chi connectivity index (χ0n) is 10.3. The van der Waals surface area contributed by atoms with E-state index in [1.54, 1.807) is 19.1 Å². The van der Waals surface area contributed by atoms with Crippen LogP contribution >= 0.6 is 0 Å². The Morgan fingerprint density at radius 2 is 2.12 bits per heavy atom. The molecule has 1 unspecified atom stereocenters. The summed E-state index contributed by atoms with van der Waals surface area (Å²) in [7, 11) is 0. The van der Waals surface area contributed by atoms with Crippen LogP contribution in [0.4, 0.5) is 4.39 Å². The molecule has 0 bridgehead atoms. The SMILES string of the molecule is Cc1cccc(C(N)CC2CCOCC2)c1F. The molecule has 0 aromatic heterocycles. The van der Waals surface area contributed by atoms with Crippen molar-refractivity contribution in [1.29, 1.82) is 0 Å². The lowest BCUT2D eigenvalue weighted by atomic mass is 9.89. The number of benzene rings is 1. The molecule has 17 heavy (non-hydrogen) atoms. The molecule has 0 spiro atoms. The van der Waals surface area contributed by atoms with Crippen LogP contribution in [0.2, 0.25) is 0 Å². The molecule has 1 saturated heterocycles. The van der Waals surface area contributed by atoms with Crippen LogP contribution in [0.1, 0.15) is 36.4 Å². The summed E-state index contributed by atoms with van der Waals surface area (Å²) >= 11 is 0. The first-order valence-corrected chi connectivity index (χ1v) is 6.27. The van der Waals surface area contributed by atoms with Crippen molar-refractivity contribution >= 4 is 0 Å². The second-order valence-electron chi connectivity index (χ2n) is 4.88. The number of nitrogens with two attached hydrogens (primary N) is 1. The topological polar surface area (TPSA) is 35.2 Å². The fraction of sp³-hybridized carbons (Fsp3) is 0.571. The van der Waals surface area contributed by atoms with Gasteiger partial charge in [0.25, 0.3) is 0 Å². The van der Waals surface area contributed by atoms with Crippen LogP contribution < -0.4 is 5.73 Å². The highest BCUT2D eigenvalue weighted by molar-refractivity contribution is 5.27. The summed E-state index contributed by atoms with van der Waals surface area (Å²) in [6, 6.07) is 5.25. The highest BCUT2D eigenvalue weighted by atomic mass is 19.1. The van der Waals surface area contributed by atoms with Gasteiger partial charge in [0.15, 0.2) is 0 Å². The maximum absolute atomic E-state index is 13.9. The lowest BCUT2D eigenvalue weighted by molar-refractivity contribution is 0.0617. The lowest BCUT2D eigenvalue weighted by Gasteiger charge is -2.25. The summed E-state index contributed by atoms with van der Waals surface area (Å²) in [5, 5.41) is 0. The second-order valence-corrected chi connectivity index (χ2v) is 4.88. The zero-order valence-corrected chi connectivity index (χ0v) is 10.3. The standard InChI is InChI=1S/C14H20FNO/c1-10-3-2-4-12(14(10)15)13(16)9-11-5-7-17-8-6-11/h2-4,11,13H,5-9,16H2,1H3. The summed E-state index contributed by atoms with van der Waals surface area (Å²) in [6.07, 6.45) is 2.94. The Bertz CT molecular complexity index is 374. The molecule has 0 aliphatic carbocycles. The van der Waals surface area contributed by atoms with Gasteiger partial charge >= 0.3 is 0 Å². The van der Waals surface area contributed by atoms with Crippen molar-refractivity contribution in [1.82, 2.24) is 0 Å². The Kier molecular flexibility index (Phi) is 4.13. The highest BCUT2D eigenvalue weighted by Gasteiger charge is 2.20. The van der Waals surface area contributed by atoms with E-state index in [-0.39, 0.29) is 11.9 Å². The Morgan fingerprint density at radius 1 is 1.41 bits per heavy atom. The predicted octanol–water partition coefficient (Wildman–Crippen LogP) is 2.95. The maximum atomic E-state index is 13.9. The van der Waals surface area contributed by atoms with Crippen molar-refractivity contribution in [2.45, 2.75) is 32.2 Å². The molecular weight excluding hydrogens is 217 g/mol. The molecule has 0 amide bonds. The summed E-state index contributed by atoms with van der Waals surface area (Å²) in [5.74, 6) is 0.422. The number of ether oxygens (including phenoxy) is 1. The third-order valence-corrected chi connectivity index (χ3v) is 3.55. The predicted molar refractivity (Wildman–Crippen MR) is 66.2 cm³/mol. The summed E-state index contributed by atoms with van der Waals surface area (Å²) < 4.78 is 19.2. The molecule has 2 N–H and O–H groups in total. The van der Waals surface area contributed by atoms with Crippen LogP contribution in [0, 0.1) is 18.7 Å². The lowest BCUT2D eigenvalue weighted by Crippen LogP contribution is -2.22. The van der Waals surface area contributed by atoms with Gasteiger partial charge in [-0.3, -0.25) is 0 Å². The average Bonchev–Trinajstić information content (AvgIpc) is 2.34. The van der Waals surface area contributed by atoms with Crippen LogP contribution in [-0.4, -0.2) is 13.2 Å². The summed E-state index contributed by atoms with van der Waals surface area (Å²) in [6.45, 7) is 3.40. The van der Waals surface area contributed by atoms with Crippen molar-refractivity contribution in [2.24, 2.45) is 11.7 Å². The highest BCUT2D eigenvalue weighted by Crippen LogP contribution is 2.28. The number of halogens is 1. The van der Waals surface area contributed by atoms with Gasteiger partial charge in [-0.2, -0.15) is 0 Å². The molecule has 1 atom stereocenters. The van der Waals surface area contributed by atoms with Gasteiger partial charge in [0, 0.05) is 24.8 Å². The van der Waals surface area contributed by atoms with Crippen molar-refractivity contribution in [3.63, 3.8) is 0 Å². The molecular formula is C14H20FNO. The van der Waals surface area contributed by atoms with Crippen molar-refractivity contribution in [3.05, 3.63) is 35.1 Å². The van der Waals surface area contributed by atoms with E-state index in [0.717, 1.165) is 32.5 Å². The van der Waals surface area contributed by atoms with Gasteiger partial charge in [-0.25, -0.2) is 4.39 Å². The molecule has 1 aliphatic heterocycles. The van der Waals surface area contributed by atoms with E-state index >= 15 is 0 Å². The van der Waals surface area contributed by atoms with Gasteiger partial charge in [0.1, 0.15) is 5.82 Å². The fourth-order valence-corrected chi connectivity index (χ4v) is 2.42. The molecule has 2 rings (SSSR count). The van der Waals surface area contributed by atoms with E-state index in [2.05, 4.69) is 0 Å². The Morgan fingerprint density at radius 3 is 2.82 bits per heavy atom. The van der Waals surface area contributed by atoms with E-state index < -0.39 is 0 Å². The van der Waals surface area contributed by atoms with Crippen molar-refractivity contribution in [3.8, 4) is 0 Å². The normalized spacial score (nSPS) is 19.2. The van der Waals surface area contributed by atoms with Crippen LogP contribution in [0.5, 0.6) is 0 Å². The third-order valence-electron chi connectivity index (χ3n) is 3.55. The van der Waals surface area contributed by atoms with Gasteiger partial charge in [0.05, 0.1) is 0 Å². The molecule has 0 saturated carbocycles. The van der Waals surface area contributed by atoms with E-state index in [1.807, 2.05) is 6.07 Å². The van der Waals surface area contributed by atoms with Gasteiger partial charge in [-0.15, -0.1) is 0 Å². The Labute approximate surface area is 102 Å². The van der Waals surface area contributed by atoms with Gasteiger partial charge < -0.3 is 10.5 Å². The largest absolute Gasteiger partial charge is 0.381 e. The Balaban J connectivity index is 2.03. The maximum Gasteiger partial charge on any atom is 0.130 e. The second kappa shape index (κ2) is 5.61. The Hall–Kier alpha value is -0.930. The average molecular weight is 237 g/mol. The molecule has 94 valence electrons. The molecule has 1 aromatic rings. The van der Waals surface area contributed by atoms with Crippen LogP contribution in [0.25, 0.3) is 0 Å². The minimum Gasteiger partial charge on any atom is -0.381 e. The molecule has 1 heterocycles. The van der Waals surface area contributed by atoms with Crippen LogP contribution in [-0.2, 0) is 4.74 Å². The third kappa shape index (κ3) is 3.05. The number of hydrogen-bond acceptors (Lipinski definition) is 2. The van der Waals surface area contributed by atoms with Gasteiger partial charge in [-0.1, -0.05) is 18.2 Å². The molecule has 1 aliphatic rings. The van der Waals surface area contributed by atoms with E-state index in [1.165, 1.54) is 0 Å². The van der Waals surface area contributed by atoms with E-state index in [9.17, 15) is 4.39 Å².